The van der Waals surface area contributed by atoms with Gasteiger partial charge in [0.25, 0.3) is 0 Å². The van der Waals surface area contributed by atoms with Crippen LogP contribution in [0.2, 0.25) is 0 Å². The minimum atomic E-state index is -0.595. The molecule has 2 nitrogen and oxygen atoms in total. The zero-order valence-electron chi connectivity index (χ0n) is 10.5. The molecule has 3 heteroatoms. The summed E-state index contributed by atoms with van der Waals surface area (Å²) in [5, 5.41) is 10.2. The standard InChI is InChI=1S/C15H19FO2/c16-11-5-6-14-12(9-11)13(17)10-15(18-14)7-3-1-2-4-8-15/h5-6,9,13,17H,1-4,7-8,10H2/t13-/m0/s1. The van der Waals surface area contributed by atoms with Crippen LogP contribution >= 0.6 is 0 Å². The van der Waals surface area contributed by atoms with E-state index < -0.39 is 6.10 Å². The second kappa shape index (κ2) is 4.54. The minimum absolute atomic E-state index is 0.221. The summed E-state index contributed by atoms with van der Waals surface area (Å²) in [6, 6.07) is 4.45. The van der Waals surface area contributed by atoms with Gasteiger partial charge in [-0.15, -0.1) is 0 Å². The van der Waals surface area contributed by atoms with Crippen LogP contribution in [0.3, 0.4) is 0 Å². The van der Waals surface area contributed by atoms with Gasteiger partial charge in [-0.25, -0.2) is 4.39 Å². The van der Waals surface area contributed by atoms with Crippen molar-refractivity contribution in [2.75, 3.05) is 0 Å². The average Bonchev–Trinajstić information content (AvgIpc) is 2.56. The molecular weight excluding hydrogens is 231 g/mol. The van der Waals surface area contributed by atoms with Gasteiger partial charge in [-0.2, -0.15) is 0 Å². The first-order chi connectivity index (χ1) is 8.69. The van der Waals surface area contributed by atoms with Crippen molar-refractivity contribution in [2.45, 2.75) is 56.7 Å². The van der Waals surface area contributed by atoms with Gasteiger partial charge in [-0.1, -0.05) is 12.8 Å². The maximum absolute atomic E-state index is 13.2. The normalized spacial score (nSPS) is 26.2. The molecule has 1 spiro atoms. The van der Waals surface area contributed by atoms with E-state index in [1.54, 1.807) is 6.07 Å². The molecule has 0 radical (unpaired) electrons. The topological polar surface area (TPSA) is 29.5 Å². The van der Waals surface area contributed by atoms with Crippen molar-refractivity contribution in [1.29, 1.82) is 0 Å². The van der Waals surface area contributed by atoms with Crippen LogP contribution in [-0.2, 0) is 0 Å². The summed E-state index contributed by atoms with van der Waals surface area (Å²) in [6.07, 6.45) is 6.81. The molecule has 1 heterocycles. The number of hydrogen-bond acceptors (Lipinski definition) is 2. The van der Waals surface area contributed by atoms with Gasteiger partial charge in [0.05, 0.1) is 6.10 Å². The Bertz CT molecular complexity index is 436. The summed E-state index contributed by atoms with van der Waals surface area (Å²) < 4.78 is 19.3. The highest BCUT2D eigenvalue weighted by molar-refractivity contribution is 5.38. The summed E-state index contributed by atoms with van der Waals surface area (Å²) in [5.74, 6) is 0.352. The predicted octanol–water partition coefficient (Wildman–Crippen LogP) is 3.73. The van der Waals surface area contributed by atoms with Gasteiger partial charge < -0.3 is 9.84 Å². The van der Waals surface area contributed by atoms with E-state index >= 15 is 0 Å². The molecule has 3 rings (SSSR count). The molecule has 0 saturated heterocycles. The lowest BCUT2D eigenvalue weighted by molar-refractivity contribution is -0.0246. The molecule has 1 N–H and O–H groups in total. The summed E-state index contributed by atoms with van der Waals surface area (Å²) in [6.45, 7) is 0. The van der Waals surface area contributed by atoms with Crippen LogP contribution in [0.5, 0.6) is 5.75 Å². The third-order valence-corrected chi connectivity index (χ3v) is 4.24. The third-order valence-electron chi connectivity index (χ3n) is 4.24. The van der Waals surface area contributed by atoms with Crippen molar-refractivity contribution < 1.29 is 14.2 Å². The quantitative estimate of drug-likeness (QED) is 0.760. The fourth-order valence-corrected chi connectivity index (χ4v) is 3.29. The smallest absolute Gasteiger partial charge is 0.126 e. The monoisotopic (exact) mass is 250 g/mol. The number of ether oxygens (including phenoxy) is 1. The van der Waals surface area contributed by atoms with E-state index in [-0.39, 0.29) is 11.4 Å². The lowest BCUT2D eigenvalue weighted by Gasteiger charge is -2.40. The highest BCUT2D eigenvalue weighted by Crippen LogP contribution is 2.45. The minimum Gasteiger partial charge on any atom is -0.487 e. The zero-order valence-corrected chi connectivity index (χ0v) is 10.5. The summed E-state index contributed by atoms with van der Waals surface area (Å²) >= 11 is 0. The first-order valence-electron chi connectivity index (χ1n) is 6.85. The second-order valence-corrected chi connectivity index (χ2v) is 5.60. The lowest BCUT2D eigenvalue weighted by atomic mass is 9.83. The molecule has 1 aromatic rings. The average molecular weight is 250 g/mol. The number of aliphatic hydroxyl groups is 1. The number of aliphatic hydroxyl groups excluding tert-OH is 1. The summed E-state index contributed by atoms with van der Waals surface area (Å²) in [4.78, 5) is 0. The third kappa shape index (κ3) is 2.12. The van der Waals surface area contributed by atoms with Crippen LogP contribution in [0.4, 0.5) is 4.39 Å². The van der Waals surface area contributed by atoms with Gasteiger partial charge in [0.15, 0.2) is 0 Å². The van der Waals surface area contributed by atoms with Crippen LogP contribution < -0.4 is 4.74 Å². The Kier molecular flexibility index (Phi) is 3.02. The van der Waals surface area contributed by atoms with Gasteiger partial charge in [-0.05, 0) is 43.9 Å². The van der Waals surface area contributed by atoms with Crippen LogP contribution in [0.1, 0.15) is 56.6 Å². The largest absolute Gasteiger partial charge is 0.487 e. The van der Waals surface area contributed by atoms with E-state index in [1.807, 2.05) is 0 Å². The molecule has 98 valence electrons. The molecule has 1 aromatic carbocycles. The molecule has 0 aromatic heterocycles. The molecule has 0 unspecified atom stereocenters. The Balaban J connectivity index is 1.92. The number of benzene rings is 1. The zero-order chi connectivity index (χ0) is 12.6. The maximum Gasteiger partial charge on any atom is 0.126 e. The molecule has 1 aliphatic heterocycles. The van der Waals surface area contributed by atoms with E-state index in [1.165, 1.54) is 25.0 Å². The summed E-state index contributed by atoms with van der Waals surface area (Å²) in [5.41, 5.74) is 0.380. The number of hydrogen-bond donors (Lipinski definition) is 1. The Morgan fingerprint density at radius 3 is 2.61 bits per heavy atom. The first kappa shape index (κ1) is 12.0. The number of rotatable bonds is 0. The van der Waals surface area contributed by atoms with E-state index in [2.05, 4.69) is 0 Å². The fraction of sp³-hybridized carbons (Fsp3) is 0.600. The van der Waals surface area contributed by atoms with Crippen molar-refractivity contribution >= 4 is 0 Å². The molecule has 0 bridgehead atoms. The van der Waals surface area contributed by atoms with Gasteiger partial charge in [0.2, 0.25) is 0 Å². The number of fused-ring (bicyclic) bond motifs is 1. The lowest BCUT2D eigenvalue weighted by Crippen LogP contribution is -2.40. The predicted molar refractivity (Wildman–Crippen MR) is 67.0 cm³/mol. The maximum atomic E-state index is 13.2. The molecule has 1 fully saturated rings. The van der Waals surface area contributed by atoms with Gasteiger partial charge in [0, 0.05) is 12.0 Å². The van der Waals surface area contributed by atoms with E-state index in [4.69, 9.17) is 4.74 Å². The fourth-order valence-electron chi connectivity index (χ4n) is 3.29. The van der Waals surface area contributed by atoms with Crippen molar-refractivity contribution in [3.05, 3.63) is 29.6 Å². The van der Waals surface area contributed by atoms with Crippen molar-refractivity contribution in [2.24, 2.45) is 0 Å². The molecule has 0 amide bonds. The molecule has 2 aliphatic rings. The Morgan fingerprint density at radius 1 is 1.17 bits per heavy atom. The van der Waals surface area contributed by atoms with E-state index in [0.717, 1.165) is 25.7 Å². The second-order valence-electron chi connectivity index (χ2n) is 5.60. The molecule has 1 aliphatic carbocycles. The van der Waals surface area contributed by atoms with Crippen LogP contribution in [0, 0.1) is 5.82 Å². The molecule has 18 heavy (non-hydrogen) atoms. The Labute approximate surface area is 107 Å². The van der Waals surface area contributed by atoms with Crippen molar-refractivity contribution in [1.82, 2.24) is 0 Å². The molecule has 1 atom stereocenters. The highest BCUT2D eigenvalue weighted by atomic mass is 19.1. The Morgan fingerprint density at radius 2 is 1.89 bits per heavy atom. The van der Waals surface area contributed by atoms with Crippen LogP contribution in [0.15, 0.2) is 18.2 Å². The highest BCUT2D eigenvalue weighted by Gasteiger charge is 2.40. The SMILES string of the molecule is O[C@H]1CC2(CCCCCC2)Oc2ccc(F)cc21. The number of halogens is 1. The van der Waals surface area contributed by atoms with Gasteiger partial charge >= 0.3 is 0 Å². The first-order valence-corrected chi connectivity index (χ1v) is 6.85. The molecule has 1 saturated carbocycles. The van der Waals surface area contributed by atoms with Crippen molar-refractivity contribution in [3.8, 4) is 5.75 Å². The van der Waals surface area contributed by atoms with Crippen LogP contribution in [-0.4, -0.2) is 10.7 Å². The van der Waals surface area contributed by atoms with Gasteiger partial charge in [0.1, 0.15) is 17.2 Å². The van der Waals surface area contributed by atoms with E-state index in [0.29, 0.717) is 17.7 Å². The van der Waals surface area contributed by atoms with Crippen molar-refractivity contribution in [3.63, 3.8) is 0 Å². The Hall–Kier alpha value is -1.09. The van der Waals surface area contributed by atoms with E-state index in [9.17, 15) is 9.50 Å². The molecular formula is C15H19FO2. The van der Waals surface area contributed by atoms with Gasteiger partial charge in [-0.3, -0.25) is 0 Å². The van der Waals surface area contributed by atoms with Crippen LogP contribution in [0.25, 0.3) is 0 Å². The summed E-state index contributed by atoms with van der Waals surface area (Å²) in [7, 11) is 0.